The van der Waals surface area contributed by atoms with Gasteiger partial charge >= 0.3 is 11.9 Å². The maximum atomic E-state index is 12.7. The van der Waals surface area contributed by atoms with Gasteiger partial charge in [-0.05, 0) is 57.3 Å². The van der Waals surface area contributed by atoms with Crippen molar-refractivity contribution >= 4 is 11.9 Å². The van der Waals surface area contributed by atoms with E-state index in [1.54, 1.807) is 0 Å². The fraction of sp³-hybridized carbons (Fsp3) is 0.926. The molecule has 0 radical (unpaired) electrons. The molecule has 1 fully saturated rings. The molecule has 0 aliphatic heterocycles. The highest BCUT2D eigenvalue weighted by Crippen LogP contribution is 2.30. The van der Waals surface area contributed by atoms with E-state index in [-0.39, 0.29) is 23.9 Å². The Morgan fingerprint density at radius 1 is 0.742 bits per heavy atom. The highest BCUT2D eigenvalue weighted by molar-refractivity contribution is 5.74. The van der Waals surface area contributed by atoms with Gasteiger partial charge in [-0.1, -0.05) is 85.0 Å². The summed E-state index contributed by atoms with van der Waals surface area (Å²) in [6, 6.07) is 0. The van der Waals surface area contributed by atoms with Gasteiger partial charge in [0.05, 0.1) is 11.8 Å². The van der Waals surface area contributed by atoms with E-state index in [9.17, 15) is 9.59 Å². The average molecular weight is 439 g/mol. The van der Waals surface area contributed by atoms with Crippen molar-refractivity contribution in [3.8, 4) is 0 Å². The predicted octanol–water partition coefficient (Wildman–Crippen LogP) is 7.93. The quantitative estimate of drug-likeness (QED) is 0.174. The van der Waals surface area contributed by atoms with Crippen LogP contribution in [0.25, 0.3) is 0 Å². The molecule has 4 nitrogen and oxygen atoms in total. The first-order valence-corrected chi connectivity index (χ1v) is 13.4. The van der Waals surface area contributed by atoms with Crippen molar-refractivity contribution in [3.05, 3.63) is 0 Å². The molecular weight excluding hydrogens is 388 g/mol. The van der Waals surface area contributed by atoms with E-state index in [0.717, 1.165) is 31.6 Å². The molecule has 1 rings (SSSR count). The molecule has 1 aliphatic rings. The second-order valence-corrected chi connectivity index (χ2v) is 10.2. The Hall–Kier alpha value is -1.06. The van der Waals surface area contributed by atoms with Gasteiger partial charge in [-0.25, -0.2) is 0 Å². The molecule has 0 aromatic carbocycles. The molecule has 1 aliphatic carbocycles. The van der Waals surface area contributed by atoms with Gasteiger partial charge in [-0.3, -0.25) is 9.59 Å². The number of rotatable bonds is 18. The molecule has 0 heterocycles. The lowest BCUT2D eigenvalue weighted by Crippen LogP contribution is -2.29. The first kappa shape index (κ1) is 28.0. The van der Waals surface area contributed by atoms with Crippen molar-refractivity contribution in [3.63, 3.8) is 0 Å². The van der Waals surface area contributed by atoms with Crippen LogP contribution in [0.5, 0.6) is 0 Å². The first-order valence-electron chi connectivity index (χ1n) is 13.4. The smallest absolute Gasteiger partial charge is 0.309 e. The summed E-state index contributed by atoms with van der Waals surface area (Å²) in [5.41, 5.74) is 0. The Balaban J connectivity index is 2.32. The average Bonchev–Trinajstić information content (AvgIpc) is 2.75. The highest BCUT2D eigenvalue weighted by Gasteiger charge is 2.31. The fourth-order valence-electron chi connectivity index (χ4n) is 4.71. The van der Waals surface area contributed by atoms with Crippen LogP contribution >= 0.6 is 0 Å². The van der Waals surface area contributed by atoms with Crippen LogP contribution in [-0.2, 0) is 14.3 Å². The van der Waals surface area contributed by atoms with Gasteiger partial charge in [0.15, 0.2) is 0 Å². The van der Waals surface area contributed by atoms with Gasteiger partial charge in [-0.15, -0.1) is 0 Å². The molecule has 31 heavy (non-hydrogen) atoms. The van der Waals surface area contributed by atoms with E-state index >= 15 is 0 Å². The summed E-state index contributed by atoms with van der Waals surface area (Å²) >= 11 is 0. The summed E-state index contributed by atoms with van der Waals surface area (Å²) in [4.78, 5) is 23.9. The number of carbonyl (C=O) groups is 2. The number of unbranched alkanes of at least 4 members (excludes halogenated alkanes) is 9. The van der Waals surface area contributed by atoms with Gasteiger partial charge in [-0.2, -0.15) is 0 Å². The van der Waals surface area contributed by atoms with Gasteiger partial charge in [0, 0.05) is 0 Å². The van der Waals surface area contributed by atoms with Crippen molar-refractivity contribution in [1.82, 2.24) is 0 Å². The molecular formula is C27H50O4. The van der Waals surface area contributed by atoms with E-state index in [0.29, 0.717) is 25.7 Å². The maximum Gasteiger partial charge on any atom is 0.309 e. The van der Waals surface area contributed by atoms with Crippen LogP contribution in [0.2, 0.25) is 0 Å². The molecule has 0 spiro atoms. The molecule has 0 amide bonds. The van der Waals surface area contributed by atoms with E-state index in [2.05, 4.69) is 20.8 Å². The van der Waals surface area contributed by atoms with Crippen LogP contribution in [-0.4, -0.2) is 23.1 Å². The number of hydrogen-bond acceptors (Lipinski definition) is 3. The molecule has 4 heteroatoms. The zero-order valence-corrected chi connectivity index (χ0v) is 20.7. The predicted molar refractivity (Wildman–Crippen MR) is 128 cm³/mol. The minimum absolute atomic E-state index is 0.0430. The van der Waals surface area contributed by atoms with E-state index in [4.69, 9.17) is 9.84 Å². The zero-order chi connectivity index (χ0) is 22.9. The molecule has 0 aromatic heterocycles. The van der Waals surface area contributed by atoms with Gasteiger partial charge in [0.25, 0.3) is 0 Å². The topological polar surface area (TPSA) is 63.6 Å². The summed E-state index contributed by atoms with van der Waals surface area (Å²) < 4.78 is 5.98. The number of aliphatic carboxylic acids is 1. The largest absolute Gasteiger partial charge is 0.481 e. The molecule has 0 bridgehead atoms. The summed E-state index contributed by atoms with van der Waals surface area (Å²) in [5.74, 6) is -0.452. The standard InChI is InChI=1S/C27H50O4/c1-4-5-6-7-8-9-10-11-12-16-25(17-14-13-15-22(2)3)31-27(30)24-20-18-23(19-21-24)26(28)29/h22-25H,4-21H2,1-3H3,(H,28,29). The van der Waals surface area contributed by atoms with Crippen LogP contribution in [0.3, 0.4) is 0 Å². The summed E-state index contributed by atoms with van der Waals surface area (Å²) in [7, 11) is 0. The van der Waals surface area contributed by atoms with Crippen LogP contribution < -0.4 is 0 Å². The van der Waals surface area contributed by atoms with Crippen molar-refractivity contribution in [2.45, 2.75) is 142 Å². The fourth-order valence-corrected chi connectivity index (χ4v) is 4.71. The number of esters is 1. The third-order valence-corrected chi connectivity index (χ3v) is 6.88. The second-order valence-electron chi connectivity index (χ2n) is 10.2. The normalized spacial score (nSPS) is 20.0. The lowest BCUT2D eigenvalue weighted by Gasteiger charge is -2.27. The SMILES string of the molecule is CCCCCCCCCCCC(CCCCC(C)C)OC(=O)C1CCC(C(=O)O)CC1. The van der Waals surface area contributed by atoms with E-state index in [1.807, 2.05) is 0 Å². The maximum absolute atomic E-state index is 12.7. The van der Waals surface area contributed by atoms with Crippen molar-refractivity contribution in [2.24, 2.45) is 17.8 Å². The minimum atomic E-state index is -0.722. The van der Waals surface area contributed by atoms with Gasteiger partial charge < -0.3 is 9.84 Å². The number of carboxylic acids is 1. The number of hydrogen-bond donors (Lipinski definition) is 1. The van der Waals surface area contributed by atoms with E-state index in [1.165, 1.54) is 64.2 Å². The van der Waals surface area contributed by atoms with Crippen molar-refractivity contribution < 1.29 is 19.4 Å². The summed E-state index contributed by atoms with van der Waals surface area (Å²) in [6.07, 6.45) is 19.8. The molecule has 0 saturated heterocycles. The lowest BCUT2D eigenvalue weighted by atomic mass is 9.82. The van der Waals surface area contributed by atoms with Crippen molar-refractivity contribution in [1.29, 1.82) is 0 Å². The lowest BCUT2D eigenvalue weighted by molar-refractivity contribution is -0.158. The molecule has 182 valence electrons. The van der Waals surface area contributed by atoms with Crippen LogP contribution in [0.15, 0.2) is 0 Å². The van der Waals surface area contributed by atoms with Crippen molar-refractivity contribution in [2.75, 3.05) is 0 Å². The summed E-state index contributed by atoms with van der Waals surface area (Å²) in [6.45, 7) is 6.77. The molecule has 1 saturated carbocycles. The first-order chi connectivity index (χ1) is 14.9. The molecule has 1 N–H and O–H groups in total. The van der Waals surface area contributed by atoms with Gasteiger partial charge in [0.2, 0.25) is 0 Å². The highest BCUT2D eigenvalue weighted by atomic mass is 16.5. The Bertz CT molecular complexity index is 466. The zero-order valence-electron chi connectivity index (χ0n) is 20.7. The third kappa shape index (κ3) is 13.9. The van der Waals surface area contributed by atoms with Crippen LogP contribution in [0.4, 0.5) is 0 Å². The molecule has 1 unspecified atom stereocenters. The number of carbonyl (C=O) groups excluding carboxylic acids is 1. The Morgan fingerprint density at radius 2 is 1.19 bits per heavy atom. The second kappa shape index (κ2) is 17.5. The Morgan fingerprint density at radius 3 is 1.71 bits per heavy atom. The van der Waals surface area contributed by atoms with Crippen LogP contribution in [0, 0.1) is 17.8 Å². The van der Waals surface area contributed by atoms with Crippen LogP contribution in [0.1, 0.15) is 136 Å². The molecule has 0 aromatic rings. The Labute approximate surface area is 191 Å². The van der Waals surface area contributed by atoms with Gasteiger partial charge in [0.1, 0.15) is 6.10 Å². The van der Waals surface area contributed by atoms with E-state index < -0.39 is 5.97 Å². The number of ether oxygens (including phenoxy) is 1. The Kier molecular flexibility index (Phi) is 15.8. The third-order valence-electron chi connectivity index (χ3n) is 6.88. The minimum Gasteiger partial charge on any atom is -0.481 e. The summed E-state index contributed by atoms with van der Waals surface area (Å²) in [5, 5.41) is 9.16. The number of carboxylic acid groups (broad SMARTS) is 1. The molecule has 1 atom stereocenters. The monoisotopic (exact) mass is 438 g/mol.